The van der Waals surface area contributed by atoms with Crippen molar-refractivity contribution in [2.75, 3.05) is 25.2 Å². The van der Waals surface area contributed by atoms with Gasteiger partial charge in [-0.2, -0.15) is 9.67 Å². The number of ether oxygens (including phenoxy) is 2. The van der Waals surface area contributed by atoms with Crippen molar-refractivity contribution in [2.24, 2.45) is 17.8 Å². The number of aromatic nitrogens is 9. The molecule has 10 atom stereocenters. The van der Waals surface area contributed by atoms with Crippen LogP contribution in [-0.4, -0.2) is 92.2 Å². The highest BCUT2D eigenvalue weighted by Gasteiger charge is 2.76. The summed E-state index contributed by atoms with van der Waals surface area (Å²) < 4.78 is 42.5. The van der Waals surface area contributed by atoms with Crippen LogP contribution in [0.25, 0.3) is 22.3 Å². The van der Waals surface area contributed by atoms with Gasteiger partial charge >= 0.3 is 6.72 Å². The van der Waals surface area contributed by atoms with Crippen LogP contribution in [-0.2, 0) is 30.3 Å². The van der Waals surface area contributed by atoms with Gasteiger partial charge in [-0.1, -0.05) is 12.1 Å². The Hall–Kier alpha value is -3.23. The van der Waals surface area contributed by atoms with Gasteiger partial charge in [-0.15, -0.1) is 5.10 Å². The zero-order chi connectivity index (χ0) is 30.4. The number of fused-ring (bicyclic) bond motifs is 3. The number of halogens is 1. The van der Waals surface area contributed by atoms with Crippen LogP contribution in [0.1, 0.15) is 25.8 Å². The van der Waals surface area contributed by atoms with Gasteiger partial charge in [0.05, 0.1) is 12.9 Å². The van der Waals surface area contributed by atoms with E-state index in [0.717, 1.165) is 4.68 Å². The van der Waals surface area contributed by atoms with E-state index in [1.54, 1.807) is 11.5 Å². The van der Waals surface area contributed by atoms with Gasteiger partial charge in [-0.3, -0.25) is 18.9 Å². The molecule has 0 aromatic carbocycles. The number of rotatable bonds is 4. The van der Waals surface area contributed by atoms with Crippen LogP contribution < -0.4 is 17.0 Å². The van der Waals surface area contributed by atoms with Crippen molar-refractivity contribution in [3.8, 4) is 0 Å². The van der Waals surface area contributed by atoms with E-state index in [1.807, 2.05) is 0 Å². The molecule has 7 N–H and O–H groups in total. The number of hydrogen-bond donors (Lipinski definition) is 5. The topological polar surface area (TPSA) is 249 Å². The molecule has 230 valence electrons. The van der Waals surface area contributed by atoms with E-state index < -0.39 is 54.6 Å². The minimum Gasteiger partial charge on any atom is -0.382 e. The molecule has 21 heteroatoms. The maximum Gasteiger partial charge on any atom is 0.325 e. The lowest BCUT2D eigenvalue weighted by molar-refractivity contribution is -0.121. The zero-order valence-corrected chi connectivity index (χ0v) is 24.3. The Labute approximate surface area is 245 Å². The molecule has 7 rings (SSSR count). The maximum atomic E-state index is 16.2. The van der Waals surface area contributed by atoms with Gasteiger partial charge in [0.15, 0.2) is 35.1 Å². The molecular weight excluding hydrogens is 612 g/mol. The molecule has 18 nitrogen and oxygen atoms in total. The van der Waals surface area contributed by atoms with E-state index in [2.05, 4.69) is 35.2 Å². The molecule has 4 unspecified atom stereocenters. The highest BCUT2D eigenvalue weighted by molar-refractivity contribution is 8.07. The Bertz CT molecular complexity index is 1840. The standard InChI is InChI=1S/C22H27FN11O7PS/c1-7-3-8-9-13(38-2)20(33-6-28-11-15(24)26-5-27-16(11)33)40-22(8,9)4-39-42(37,43)41-14(10(7)23)19(36)34-17-12(31-32-34)18(35)30-21(25)29-17/h5-10,13-14,19-20,36H,3-4H2,1-2H3,(H,37,43)(H2,24,26,27)(H3,25,29,30,35)/t7?,8?,9-,10-,13+,14+,19+,20+,22?,42?/m0/s1. The normalized spacial score (nSPS) is 36.8. The lowest BCUT2D eigenvalue weighted by atomic mass is 9.92. The number of alkyl halides is 1. The molecule has 2 saturated heterocycles. The van der Waals surface area contributed by atoms with Crippen LogP contribution in [0.2, 0.25) is 0 Å². The number of nitrogen functional groups attached to an aromatic ring is 2. The van der Waals surface area contributed by atoms with Crippen molar-refractivity contribution in [3.05, 3.63) is 23.0 Å². The molecule has 1 aliphatic carbocycles. The first kappa shape index (κ1) is 28.5. The van der Waals surface area contributed by atoms with Crippen molar-refractivity contribution in [1.82, 2.24) is 44.5 Å². The first-order valence-electron chi connectivity index (χ1n) is 13.2. The molecule has 0 amide bonds. The SMILES string of the molecule is CO[C@H]1[C@H](n2cnc3c(N)ncnc32)OC23COP(O)(=S)O[C@@H]([C@@H](O)n4nnc5c(=O)[nH]c(N)nc54)[C@@H](F)C(C)CC2[C@@H]13. The van der Waals surface area contributed by atoms with Gasteiger partial charge in [0.1, 0.15) is 35.8 Å². The Kier molecular flexibility index (Phi) is 6.57. The van der Waals surface area contributed by atoms with E-state index in [-0.39, 0.29) is 47.8 Å². The Morgan fingerprint density at radius 2 is 2.09 bits per heavy atom. The van der Waals surface area contributed by atoms with Gasteiger partial charge in [0.2, 0.25) is 5.95 Å². The molecule has 6 heterocycles. The van der Waals surface area contributed by atoms with E-state index in [1.165, 1.54) is 19.8 Å². The third kappa shape index (κ3) is 4.35. The summed E-state index contributed by atoms with van der Waals surface area (Å²) in [7, 11) is 1.54. The molecule has 0 bridgehead atoms. The minimum atomic E-state index is -4.20. The second kappa shape index (κ2) is 9.89. The fourth-order valence-electron chi connectivity index (χ4n) is 6.46. The average molecular weight is 640 g/mol. The third-order valence-electron chi connectivity index (χ3n) is 8.51. The van der Waals surface area contributed by atoms with Gasteiger partial charge in [-0.25, -0.2) is 19.3 Å². The first-order valence-corrected chi connectivity index (χ1v) is 15.8. The van der Waals surface area contributed by atoms with Crippen LogP contribution in [0, 0.1) is 17.8 Å². The number of methoxy groups -OCH3 is 1. The second-order valence-corrected chi connectivity index (χ2v) is 13.7. The summed E-state index contributed by atoms with van der Waals surface area (Å²) in [6.45, 7) is -2.75. The summed E-state index contributed by atoms with van der Waals surface area (Å²) in [5.41, 5.74) is 10.3. The fourth-order valence-corrected chi connectivity index (χ4v) is 7.87. The van der Waals surface area contributed by atoms with Gasteiger partial charge < -0.3 is 35.5 Å². The number of H-pyrrole nitrogens is 1. The highest BCUT2D eigenvalue weighted by Crippen LogP contribution is 2.68. The third-order valence-corrected chi connectivity index (χ3v) is 10.1. The molecular formula is C22H27FN11O7PS. The second-order valence-electron chi connectivity index (χ2n) is 10.9. The smallest absolute Gasteiger partial charge is 0.325 e. The summed E-state index contributed by atoms with van der Waals surface area (Å²) >= 11 is 5.25. The molecule has 1 spiro atoms. The van der Waals surface area contributed by atoms with Crippen molar-refractivity contribution in [2.45, 2.75) is 49.8 Å². The van der Waals surface area contributed by atoms with Crippen LogP contribution in [0.3, 0.4) is 0 Å². The summed E-state index contributed by atoms with van der Waals surface area (Å²) in [5.74, 6) is -1.32. The molecule has 43 heavy (non-hydrogen) atoms. The number of aliphatic hydroxyl groups is 1. The molecule has 1 saturated carbocycles. The van der Waals surface area contributed by atoms with E-state index in [9.17, 15) is 14.8 Å². The number of aromatic amines is 1. The fraction of sp³-hybridized carbons (Fsp3) is 0.591. The predicted octanol–water partition coefficient (Wildman–Crippen LogP) is -0.465. The van der Waals surface area contributed by atoms with Crippen LogP contribution in [0.15, 0.2) is 17.4 Å². The molecule has 0 radical (unpaired) electrons. The Balaban J connectivity index is 1.19. The number of aliphatic hydroxyl groups excluding tert-OH is 1. The maximum absolute atomic E-state index is 16.2. The summed E-state index contributed by atoms with van der Waals surface area (Å²) in [5, 5.41) is 18.7. The number of hydrogen-bond acceptors (Lipinski definition) is 15. The van der Waals surface area contributed by atoms with Crippen molar-refractivity contribution in [1.29, 1.82) is 0 Å². The molecule has 3 fully saturated rings. The predicted molar refractivity (Wildman–Crippen MR) is 148 cm³/mol. The van der Waals surface area contributed by atoms with Crippen LogP contribution in [0.5, 0.6) is 0 Å². The molecule has 4 aromatic rings. The lowest BCUT2D eigenvalue weighted by Crippen LogP contribution is -2.40. The van der Waals surface area contributed by atoms with Gasteiger partial charge in [-0.05, 0) is 30.1 Å². The Morgan fingerprint density at radius 3 is 2.86 bits per heavy atom. The van der Waals surface area contributed by atoms with Gasteiger partial charge in [0.25, 0.3) is 5.56 Å². The zero-order valence-electron chi connectivity index (χ0n) is 22.6. The summed E-state index contributed by atoms with van der Waals surface area (Å²) in [6.07, 6.45) is -3.65. The number of anilines is 2. The minimum absolute atomic E-state index is 0.192. The number of nitrogens with zero attached hydrogens (tertiary/aromatic N) is 8. The highest BCUT2D eigenvalue weighted by atomic mass is 32.5. The van der Waals surface area contributed by atoms with Gasteiger partial charge in [0, 0.05) is 13.0 Å². The largest absolute Gasteiger partial charge is 0.382 e. The van der Waals surface area contributed by atoms with Crippen molar-refractivity contribution in [3.63, 3.8) is 0 Å². The van der Waals surface area contributed by atoms with E-state index >= 15 is 4.39 Å². The first-order chi connectivity index (χ1) is 20.5. The molecule has 2 aliphatic heterocycles. The number of nitrogens with one attached hydrogen (secondary N) is 1. The van der Waals surface area contributed by atoms with Crippen molar-refractivity contribution < 1.29 is 32.9 Å². The quantitative estimate of drug-likeness (QED) is 0.177. The lowest BCUT2D eigenvalue weighted by Gasteiger charge is -2.34. The monoisotopic (exact) mass is 639 g/mol. The van der Waals surface area contributed by atoms with E-state index in [0.29, 0.717) is 11.2 Å². The number of imidazole rings is 1. The van der Waals surface area contributed by atoms with Crippen LogP contribution >= 0.6 is 6.72 Å². The molecule has 3 aliphatic rings. The van der Waals surface area contributed by atoms with Crippen LogP contribution in [0.4, 0.5) is 16.2 Å². The Morgan fingerprint density at radius 1 is 1.30 bits per heavy atom. The van der Waals surface area contributed by atoms with E-state index in [4.69, 9.17) is 41.8 Å². The molecule has 4 aromatic heterocycles. The average Bonchev–Trinajstić information content (AvgIpc) is 3.38. The summed E-state index contributed by atoms with van der Waals surface area (Å²) in [4.78, 5) is 42.0. The summed E-state index contributed by atoms with van der Waals surface area (Å²) in [6, 6.07) is 0. The van der Waals surface area contributed by atoms with Crippen molar-refractivity contribution >= 4 is 52.6 Å². The number of nitrogens with two attached hydrogens (primary N) is 2.